The van der Waals surface area contributed by atoms with Crippen LogP contribution in [0.2, 0.25) is 6.82 Å². The monoisotopic (exact) mass is 127 g/mol. The van der Waals surface area contributed by atoms with Gasteiger partial charge in [0.1, 0.15) is 0 Å². The maximum atomic E-state index is 5.32. The number of hydrogen-bond acceptors (Lipinski definition) is 2. The molecular weight excluding hydrogens is 113 g/mol. The van der Waals surface area contributed by atoms with Gasteiger partial charge >= 0.3 is 7.05 Å². The van der Waals surface area contributed by atoms with Crippen molar-refractivity contribution >= 4 is 7.05 Å². The van der Waals surface area contributed by atoms with E-state index < -0.39 is 0 Å². The van der Waals surface area contributed by atoms with Crippen LogP contribution in [0.1, 0.15) is 13.8 Å². The van der Waals surface area contributed by atoms with E-state index in [1.807, 2.05) is 6.82 Å². The van der Waals surface area contributed by atoms with Crippen LogP contribution in [0.5, 0.6) is 0 Å². The summed E-state index contributed by atoms with van der Waals surface area (Å²) in [6.45, 7) is 7.33. The molecule has 0 bridgehead atoms. The number of hydrogen-bond donors (Lipinski definition) is 1. The van der Waals surface area contributed by atoms with Crippen LogP contribution in [0.15, 0.2) is 0 Å². The van der Waals surface area contributed by atoms with E-state index >= 15 is 0 Å². The van der Waals surface area contributed by atoms with Crippen molar-refractivity contribution in [2.45, 2.75) is 26.7 Å². The zero-order valence-electron chi connectivity index (χ0n) is 6.35. The molecule has 0 spiro atoms. The van der Waals surface area contributed by atoms with Gasteiger partial charge in [-0.25, -0.2) is 0 Å². The quantitative estimate of drug-likeness (QED) is 0.524. The average molecular weight is 127 g/mol. The largest absolute Gasteiger partial charge is 0.420 e. The summed E-state index contributed by atoms with van der Waals surface area (Å²) < 4.78 is 5.32. The van der Waals surface area contributed by atoms with Crippen molar-refractivity contribution < 1.29 is 4.65 Å². The molecule has 0 aromatic carbocycles. The Balaban J connectivity index is 2.30. The molecule has 2 nitrogen and oxygen atoms in total. The summed E-state index contributed by atoms with van der Waals surface area (Å²) in [7, 11) is 0.261. The first kappa shape index (κ1) is 7.10. The Morgan fingerprint density at radius 3 is 2.56 bits per heavy atom. The standard InChI is InChI=1S/C6H14BNO/c1-5(2)6-4-9-7(3)8-6/h5-6,8H,4H2,1-3H3/t6-/m1/s1. The highest BCUT2D eigenvalue weighted by molar-refractivity contribution is 6.47. The summed E-state index contributed by atoms with van der Waals surface area (Å²) in [5.41, 5.74) is 0. The highest BCUT2D eigenvalue weighted by Gasteiger charge is 2.25. The molecule has 1 rings (SSSR count). The van der Waals surface area contributed by atoms with Crippen molar-refractivity contribution in [1.82, 2.24) is 5.23 Å². The first-order valence-corrected chi connectivity index (χ1v) is 3.58. The predicted octanol–water partition coefficient (Wildman–Crippen LogP) is 0.749. The summed E-state index contributed by atoms with van der Waals surface area (Å²) in [4.78, 5) is 0. The molecular formula is C6H14BNO. The van der Waals surface area contributed by atoms with Crippen molar-refractivity contribution in [3.05, 3.63) is 0 Å². The van der Waals surface area contributed by atoms with Gasteiger partial charge in [0.15, 0.2) is 0 Å². The van der Waals surface area contributed by atoms with E-state index in [4.69, 9.17) is 4.65 Å². The Morgan fingerprint density at radius 2 is 2.33 bits per heavy atom. The van der Waals surface area contributed by atoms with Gasteiger partial charge in [-0.1, -0.05) is 13.8 Å². The van der Waals surface area contributed by atoms with Crippen LogP contribution in [-0.4, -0.2) is 19.7 Å². The lowest BCUT2D eigenvalue weighted by molar-refractivity contribution is 0.310. The maximum absolute atomic E-state index is 5.32. The topological polar surface area (TPSA) is 21.3 Å². The SMILES string of the molecule is CB1N[C@@H](C(C)C)CO1. The van der Waals surface area contributed by atoms with Crippen LogP contribution in [-0.2, 0) is 4.65 Å². The average Bonchev–Trinajstić information content (AvgIpc) is 2.14. The molecule has 0 amide bonds. The number of rotatable bonds is 1. The van der Waals surface area contributed by atoms with Gasteiger partial charge in [-0.05, 0) is 12.7 Å². The van der Waals surface area contributed by atoms with Crippen molar-refractivity contribution in [3.63, 3.8) is 0 Å². The Hall–Kier alpha value is -0.0151. The van der Waals surface area contributed by atoms with E-state index in [1.54, 1.807) is 0 Å². The third kappa shape index (κ3) is 1.70. The molecule has 1 fully saturated rings. The lowest BCUT2D eigenvalue weighted by atomic mass is 9.88. The lowest BCUT2D eigenvalue weighted by Gasteiger charge is -2.12. The maximum Gasteiger partial charge on any atom is 0.376 e. The molecule has 1 N–H and O–H groups in total. The Bertz CT molecular complexity index is 97.1. The third-order valence-electron chi connectivity index (χ3n) is 1.78. The van der Waals surface area contributed by atoms with Gasteiger partial charge in [0.05, 0.1) is 0 Å². The first-order valence-electron chi connectivity index (χ1n) is 3.58. The van der Waals surface area contributed by atoms with Gasteiger partial charge in [0, 0.05) is 12.6 Å². The molecule has 9 heavy (non-hydrogen) atoms. The summed E-state index contributed by atoms with van der Waals surface area (Å²) in [6, 6.07) is 0.569. The predicted molar refractivity (Wildman–Crippen MR) is 39.3 cm³/mol. The second-order valence-electron chi connectivity index (χ2n) is 2.99. The normalized spacial score (nSPS) is 28.0. The molecule has 1 atom stereocenters. The zero-order valence-corrected chi connectivity index (χ0v) is 6.35. The van der Waals surface area contributed by atoms with Gasteiger partial charge in [-0.3, -0.25) is 0 Å². The van der Waals surface area contributed by atoms with E-state index in [-0.39, 0.29) is 7.05 Å². The Morgan fingerprint density at radius 1 is 1.67 bits per heavy atom. The molecule has 0 saturated carbocycles. The van der Waals surface area contributed by atoms with Crippen molar-refractivity contribution in [2.24, 2.45) is 5.92 Å². The minimum atomic E-state index is 0.261. The van der Waals surface area contributed by atoms with Crippen molar-refractivity contribution in [2.75, 3.05) is 6.61 Å². The van der Waals surface area contributed by atoms with Crippen molar-refractivity contribution in [1.29, 1.82) is 0 Å². The summed E-state index contributed by atoms with van der Waals surface area (Å²) in [6.07, 6.45) is 0. The highest BCUT2D eigenvalue weighted by Crippen LogP contribution is 2.08. The molecule has 1 heterocycles. The van der Waals surface area contributed by atoms with Gasteiger partial charge in [-0.15, -0.1) is 0 Å². The third-order valence-corrected chi connectivity index (χ3v) is 1.78. The van der Waals surface area contributed by atoms with Crippen molar-refractivity contribution in [3.8, 4) is 0 Å². The Kier molecular flexibility index (Phi) is 2.14. The van der Waals surface area contributed by atoms with Crippen LogP contribution in [0.4, 0.5) is 0 Å². The molecule has 1 saturated heterocycles. The van der Waals surface area contributed by atoms with Crippen LogP contribution in [0.25, 0.3) is 0 Å². The zero-order chi connectivity index (χ0) is 6.85. The minimum absolute atomic E-state index is 0.261. The minimum Gasteiger partial charge on any atom is -0.420 e. The molecule has 52 valence electrons. The fourth-order valence-electron chi connectivity index (χ4n) is 1.03. The van der Waals surface area contributed by atoms with Crippen LogP contribution in [0, 0.1) is 5.92 Å². The molecule has 0 radical (unpaired) electrons. The molecule has 0 aromatic heterocycles. The summed E-state index contributed by atoms with van der Waals surface area (Å²) in [5.74, 6) is 0.690. The Labute approximate surface area is 57.1 Å². The lowest BCUT2D eigenvalue weighted by Crippen LogP contribution is -2.35. The highest BCUT2D eigenvalue weighted by atomic mass is 16.5. The van der Waals surface area contributed by atoms with Gasteiger partial charge in [-0.2, -0.15) is 0 Å². The smallest absolute Gasteiger partial charge is 0.376 e. The second-order valence-corrected chi connectivity index (χ2v) is 2.99. The molecule has 1 aliphatic heterocycles. The molecule has 3 heteroatoms. The number of nitrogens with one attached hydrogen (secondary N) is 1. The molecule has 0 aliphatic carbocycles. The fraction of sp³-hybridized carbons (Fsp3) is 1.00. The summed E-state index contributed by atoms with van der Waals surface area (Å²) >= 11 is 0. The van der Waals surface area contributed by atoms with Gasteiger partial charge in [0.25, 0.3) is 0 Å². The van der Waals surface area contributed by atoms with E-state index in [0.717, 1.165) is 6.61 Å². The first-order chi connectivity index (χ1) is 4.20. The van der Waals surface area contributed by atoms with Crippen LogP contribution >= 0.6 is 0 Å². The van der Waals surface area contributed by atoms with E-state index in [1.165, 1.54) is 0 Å². The molecule has 1 aliphatic rings. The van der Waals surface area contributed by atoms with Gasteiger partial charge in [0.2, 0.25) is 0 Å². The van der Waals surface area contributed by atoms with E-state index in [0.29, 0.717) is 12.0 Å². The summed E-state index contributed by atoms with van der Waals surface area (Å²) in [5, 5.41) is 3.33. The van der Waals surface area contributed by atoms with Crippen LogP contribution < -0.4 is 5.23 Å². The molecule has 0 unspecified atom stereocenters. The second kappa shape index (κ2) is 2.71. The van der Waals surface area contributed by atoms with E-state index in [9.17, 15) is 0 Å². The fourth-order valence-corrected chi connectivity index (χ4v) is 1.03. The van der Waals surface area contributed by atoms with E-state index in [2.05, 4.69) is 19.1 Å². The van der Waals surface area contributed by atoms with Crippen LogP contribution in [0.3, 0.4) is 0 Å². The molecule has 0 aromatic rings. The van der Waals surface area contributed by atoms with Gasteiger partial charge < -0.3 is 9.88 Å².